The first-order valence-electron chi connectivity index (χ1n) is 6.35. The van der Waals surface area contributed by atoms with E-state index in [1.165, 1.54) is 0 Å². The molecule has 1 aliphatic heterocycles. The van der Waals surface area contributed by atoms with Gasteiger partial charge >= 0.3 is 0 Å². The molecule has 1 amide bonds. The summed E-state index contributed by atoms with van der Waals surface area (Å²) in [7, 11) is 0. The SMILES string of the molecule is CC1(O)CCN(C(=O)c2cc(Cl)cn2C2CC2)C1. The normalized spacial score (nSPS) is 27.8. The average molecular weight is 269 g/mol. The molecule has 18 heavy (non-hydrogen) atoms. The Morgan fingerprint density at radius 2 is 2.28 bits per heavy atom. The Morgan fingerprint density at radius 1 is 1.56 bits per heavy atom. The molecule has 1 atom stereocenters. The van der Waals surface area contributed by atoms with Gasteiger partial charge in [-0.1, -0.05) is 11.6 Å². The van der Waals surface area contributed by atoms with Crippen LogP contribution in [0.2, 0.25) is 5.02 Å². The van der Waals surface area contributed by atoms with Crippen molar-refractivity contribution in [3.05, 3.63) is 23.0 Å². The summed E-state index contributed by atoms with van der Waals surface area (Å²) in [6, 6.07) is 2.16. The Labute approximate surface area is 111 Å². The van der Waals surface area contributed by atoms with Gasteiger partial charge in [0.05, 0.1) is 10.6 Å². The van der Waals surface area contributed by atoms with E-state index in [1.807, 2.05) is 10.8 Å². The molecule has 2 heterocycles. The molecule has 0 radical (unpaired) electrons. The number of likely N-dealkylation sites (tertiary alicyclic amines) is 1. The molecule has 0 aromatic carbocycles. The van der Waals surface area contributed by atoms with Crippen LogP contribution in [0.5, 0.6) is 0 Å². The predicted octanol–water partition coefficient (Wildman–Crippen LogP) is 2.07. The number of carbonyl (C=O) groups excluding carboxylic acids is 1. The van der Waals surface area contributed by atoms with Gasteiger partial charge in [-0.2, -0.15) is 0 Å². The predicted molar refractivity (Wildman–Crippen MR) is 68.9 cm³/mol. The van der Waals surface area contributed by atoms with Gasteiger partial charge in [0, 0.05) is 25.3 Å². The van der Waals surface area contributed by atoms with Crippen molar-refractivity contribution in [2.24, 2.45) is 0 Å². The highest BCUT2D eigenvalue weighted by Crippen LogP contribution is 2.38. The summed E-state index contributed by atoms with van der Waals surface area (Å²) in [5.41, 5.74) is -0.101. The molecular weight excluding hydrogens is 252 g/mol. The summed E-state index contributed by atoms with van der Waals surface area (Å²) < 4.78 is 1.98. The number of halogens is 1. The third kappa shape index (κ3) is 2.15. The molecule has 3 rings (SSSR count). The molecule has 5 heteroatoms. The zero-order valence-electron chi connectivity index (χ0n) is 10.4. The smallest absolute Gasteiger partial charge is 0.270 e. The minimum absolute atomic E-state index is 0.0217. The van der Waals surface area contributed by atoms with Crippen molar-refractivity contribution in [3.63, 3.8) is 0 Å². The van der Waals surface area contributed by atoms with E-state index in [0.29, 0.717) is 36.3 Å². The highest BCUT2D eigenvalue weighted by molar-refractivity contribution is 6.31. The highest BCUT2D eigenvalue weighted by atomic mass is 35.5. The first-order valence-corrected chi connectivity index (χ1v) is 6.73. The first-order chi connectivity index (χ1) is 8.46. The number of hydrogen-bond acceptors (Lipinski definition) is 2. The Morgan fingerprint density at radius 3 is 2.83 bits per heavy atom. The molecule has 0 spiro atoms. The van der Waals surface area contributed by atoms with E-state index in [-0.39, 0.29) is 5.91 Å². The Bertz CT molecular complexity index is 491. The summed E-state index contributed by atoms with van der Waals surface area (Å²) in [6.45, 7) is 2.78. The summed E-state index contributed by atoms with van der Waals surface area (Å²) in [5, 5.41) is 10.5. The van der Waals surface area contributed by atoms with Crippen molar-refractivity contribution in [1.82, 2.24) is 9.47 Å². The van der Waals surface area contributed by atoms with Gasteiger partial charge in [-0.25, -0.2) is 0 Å². The Balaban J connectivity index is 1.84. The number of aliphatic hydroxyl groups is 1. The molecule has 0 bridgehead atoms. The van der Waals surface area contributed by atoms with Crippen LogP contribution in [-0.4, -0.2) is 39.2 Å². The number of carbonyl (C=O) groups is 1. The van der Waals surface area contributed by atoms with E-state index < -0.39 is 5.60 Å². The van der Waals surface area contributed by atoms with Crippen LogP contribution in [0.4, 0.5) is 0 Å². The third-order valence-corrected chi connectivity index (χ3v) is 3.92. The lowest BCUT2D eigenvalue weighted by molar-refractivity contribution is 0.0566. The van der Waals surface area contributed by atoms with Crippen LogP contribution in [0.3, 0.4) is 0 Å². The largest absolute Gasteiger partial charge is 0.388 e. The minimum atomic E-state index is -0.754. The highest BCUT2D eigenvalue weighted by Gasteiger charge is 2.36. The molecule has 1 aromatic rings. The van der Waals surface area contributed by atoms with Crippen LogP contribution in [-0.2, 0) is 0 Å². The molecule has 1 aromatic heterocycles. The molecule has 98 valence electrons. The summed E-state index contributed by atoms with van der Waals surface area (Å²) >= 11 is 6.00. The van der Waals surface area contributed by atoms with Crippen molar-refractivity contribution < 1.29 is 9.90 Å². The lowest BCUT2D eigenvalue weighted by Crippen LogP contribution is -2.34. The molecule has 1 saturated heterocycles. The summed E-state index contributed by atoms with van der Waals surface area (Å²) in [4.78, 5) is 14.1. The lowest BCUT2D eigenvalue weighted by Gasteiger charge is -2.19. The quantitative estimate of drug-likeness (QED) is 0.893. The van der Waals surface area contributed by atoms with Gasteiger partial charge in [0.1, 0.15) is 5.69 Å². The molecule has 2 aliphatic rings. The zero-order valence-corrected chi connectivity index (χ0v) is 11.2. The van der Waals surface area contributed by atoms with Crippen LogP contribution in [0, 0.1) is 0 Å². The second-order valence-corrected chi connectivity index (χ2v) is 6.09. The van der Waals surface area contributed by atoms with Crippen molar-refractivity contribution in [3.8, 4) is 0 Å². The molecule has 1 saturated carbocycles. The maximum atomic E-state index is 12.4. The van der Waals surface area contributed by atoms with Crippen molar-refractivity contribution >= 4 is 17.5 Å². The van der Waals surface area contributed by atoms with Gasteiger partial charge in [-0.3, -0.25) is 4.79 Å². The van der Waals surface area contributed by atoms with Crippen molar-refractivity contribution in [2.75, 3.05) is 13.1 Å². The van der Waals surface area contributed by atoms with Gasteiger partial charge in [0.15, 0.2) is 0 Å². The second-order valence-electron chi connectivity index (χ2n) is 5.66. The number of aromatic nitrogens is 1. The minimum Gasteiger partial charge on any atom is -0.388 e. The van der Waals surface area contributed by atoms with E-state index in [0.717, 1.165) is 12.8 Å². The summed E-state index contributed by atoms with van der Waals surface area (Å²) in [6.07, 6.45) is 4.70. The van der Waals surface area contributed by atoms with Crippen LogP contribution >= 0.6 is 11.6 Å². The van der Waals surface area contributed by atoms with Gasteiger partial charge < -0.3 is 14.6 Å². The number of hydrogen-bond donors (Lipinski definition) is 1. The van der Waals surface area contributed by atoms with E-state index in [9.17, 15) is 9.90 Å². The molecule has 4 nitrogen and oxygen atoms in total. The van der Waals surface area contributed by atoms with E-state index in [2.05, 4.69) is 0 Å². The van der Waals surface area contributed by atoms with Crippen LogP contribution < -0.4 is 0 Å². The monoisotopic (exact) mass is 268 g/mol. The summed E-state index contributed by atoms with van der Waals surface area (Å²) in [5.74, 6) is -0.0217. The van der Waals surface area contributed by atoms with E-state index in [1.54, 1.807) is 17.9 Å². The van der Waals surface area contributed by atoms with Crippen LogP contribution in [0.15, 0.2) is 12.3 Å². The van der Waals surface area contributed by atoms with Gasteiger partial charge in [-0.05, 0) is 32.3 Å². The molecule has 1 N–H and O–H groups in total. The van der Waals surface area contributed by atoms with Crippen LogP contribution in [0.1, 0.15) is 42.7 Å². The fraction of sp³-hybridized carbons (Fsp3) is 0.615. The Kier molecular flexibility index (Phi) is 2.68. The van der Waals surface area contributed by atoms with Gasteiger partial charge in [0.25, 0.3) is 5.91 Å². The molecular formula is C13H17ClN2O2. The molecule has 1 unspecified atom stereocenters. The number of nitrogens with zero attached hydrogens (tertiary/aromatic N) is 2. The maximum absolute atomic E-state index is 12.4. The van der Waals surface area contributed by atoms with E-state index in [4.69, 9.17) is 11.6 Å². The topological polar surface area (TPSA) is 45.5 Å². The molecule has 1 aliphatic carbocycles. The van der Waals surface area contributed by atoms with Gasteiger partial charge in [0.2, 0.25) is 0 Å². The van der Waals surface area contributed by atoms with E-state index >= 15 is 0 Å². The molecule has 2 fully saturated rings. The van der Waals surface area contributed by atoms with Crippen LogP contribution in [0.25, 0.3) is 0 Å². The number of β-amino-alcohol motifs (C(OH)–C–C–N with tert-alkyl or cyclic N) is 1. The second kappa shape index (κ2) is 4.00. The fourth-order valence-corrected chi connectivity index (χ4v) is 2.76. The third-order valence-electron chi connectivity index (χ3n) is 3.71. The first kappa shape index (κ1) is 12.1. The average Bonchev–Trinajstić information content (AvgIpc) is 2.98. The van der Waals surface area contributed by atoms with Gasteiger partial charge in [-0.15, -0.1) is 0 Å². The number of rotatable bonds is 2. The maximum Gasteiger partial charge on any atom is 0.270 e. The standard InChI is InChI=1S/C13H17ClN2O2/c1-13(18)4-5-15(8-13)12(17)11-6-9(14)7-16(11)10-2-3-10/h6-7,10,18H,2-5,8H2,1H3. The zero-order chi connectivity index (χ0) is 12.9. The lowest BCUT2D eigenvalue weighted by atomic mass is 10.1. The van der Waals surface area contributed by atoms with Crippen molar-refractivity contribution in [2.45, 2.75) is 37.8 Å². The van der Waals surface area contributed by atoms with Crippen molar-refractivity contribution in [1.29, 1.82) is 0 Å². The fourth-order valence-electron chi connectivity index (χ4n) is 2.55. The number of amides is 1. The Hall–Kier alpha value is -1.00.